The van der Waals surface area contributed by atoms with E-state index in [2.05, 4.69) is 5.32 Å². The van der Waals surface area contributed by atoms with Gasteiger partial charge in [0.2, 0.25) is 0 Å². The predicted molar refractivity (Wildman–Crippen MR) is 72.5 cm³/mol. The lowest BCUT2D eigenvalue weighted by Crippen LogP contribution is -1.99. The second-order valence-corrected chi connectivity index (χ2v) is 4.95. The van der Waals surface area contributed by atoms with Crippen molar-refractivity contribution < 1.29 is 9.18 Å². The van der Waals surface area contributed by atoms with Crippen molar-refractivity contribution in [3.8, 4) is 0 Å². The molecule has 0 saturated heterocycles. The number of benzene rings is 1. The SMILES string of the molecule is CC(=O)c1sc(NCc2ccccc2F)cc1N. The maximum absolute atomic E-state index is 13.4. The molecule has 1 aromatic carbocycles. The predicted octanol–water partition coefficient (Wildman–Crippen LogP) is 3.28. The Hall–Kier alpha value is -1.88. The summed E-state index contributed by atoms with van der Waals surface area (Å²) in [5, 5.41) is 3.83. The van der Waals surface area contributed by atoms with Gasteiger partial charge in [-0.05, 0) is 12.1 Å². The average Bonchev–Trinajstić information content (AvgIpc) is 2.70. The first-order chi connectivity index (χ1) is 8.58. The van der Waals surface area contributed by atoms with Gasteiger partial charge in [0, 0.05) is 19.0 Å². The third-order valence-electron chi connectivity index (χ3n) is 2.49. The number of anilines is 2. The van der Waals surface area contributed by atoms with E-state index in [9.17, 15) is 9.18 Å². The molecule has 0 bridgehead atoms. The fraction of sp³-hybridized carbons (Fsp3) is 0.154. The van der Waals surface area contributed by atoms with Crippen molar-refractivity contribution in [1.82, 2.24) is 0 Å². The van der Waals surface area contributed by atoms with Crippen molar-refractivity contribution in [3.63, 3.8) is 0 Å². The largest absolute Gasteiger partial charge is 0.397 e. The molecule has 3 nitrogen and oxygen atoms in total. The van der Waals surface area contributed by atoms with Crippen LogP contribution in [0.15, 0.2) is 30.3 Å². The minimum absolute atomic E-state index is 0.0589. The van der Waals surface area contributed by atoms with E-state index in [0.717, 1.165) is 5.00 Å². The lowest BCUT2D eigenvalue weighted by molar-refractivity contribution is 0.102. The number of carbonyl (C=O) groups excluding carboxylic acids is 1. The number of hydrogen-bond acceptors (Lipinski definition) is 4. The number of rotatable bonds is 4. The minimum atomic E-state index is -0.249. The highest BCUT2D eigenvalue weighted by atomic mass is 32.1. The van der Waals surface area contributed by atoms with Crippen LogP contribution in [0.3, 0.4) is 0 Å². The van der Waals surface area contributed by atoms with E-state index < -0.39 is 0 Å². The summed E-state index contributed by atoms with van der Waals surface area (Å²) in [6, 6.07) is 8.26. The topological polar surface area (TPSA) is 55.1 Å². The van der Waals surface area contributed by atoms with E-state index in [0.29, 0.717) is 22.7 Å². The van der Waals surface area contributed by atoms with Gasteiger partial charge in [0.1, 0.15) is 5.82 Å². The van der Waals surface area contributed by atoms with Crippen LogP contribution in [0.25, 0.3) is 0 Å². The molecular formula is C13H13FN2OS. The molecule has 0 spiro atoms. The molecule has 0 aliphatic heterocycles. The lowest BCUT2D eigenvalue weighted by Gasteiger charge is -2.04. The van der Waals surface area contributed by atoms with Gasteiger partial charge in [-0.3, -0.25) is 4.79 Å². The third-order valence-corrected chi connectivity index (χ3v) is 3.70. The zero-order valence-electron chi connectivity index (χ0n) is 9.87. The van der Waals surface area contributed by atoms with Crippen LogP contribution in [-0.4, -0.2) is 5.78 Å². The molecule has 1 aromatic heterocycles. The summed E-state index contributed by atoms with van der Waals surface area (Å²) >= 11 is 1.28. The van der Waals surface area contributed by atoms with E-state index in [1.54, 1.807) is 24.3 Å². The number of nitrogen functional groups attached to an aromatic ring is 1. The van der Waals surface area contributed by atoms with Gasteiger partial charge in [-0.25, -0.2) is 4.39 Å². The van der Waals surface area contributed by atoms with E-state index in [-0.39, 0.29) is 11.6 Å². The summed E-state index contributed by atoms with van der Waals surface area (Å²) < 4.78 is 13.4. The number of nitrogens with one attached hydrogen (secondary N) is 1. The van der Waals surface area contributed by atoms with Gasteiger partial charge in [-0.1, -0.05) is 18.2 Å². The van der Waals surface area contributed by atoms with Gasteiger partial charge in [-0.2, -0.15) is 0 Å². The molecule has 2 aromatic rings. The lowest BCUT2D eigenvalue weighted by atomic mass is 10.2. The first-order valence-electron chi connectivity index (χ1n) is 5.45. The van der Waals surface area contributed by atoms with Crippen molar-refractivity contribution in [2.75, 3.05) is 11.1 Å². The van der Waals surface area contributed by atoms with Crippen molar-refractivity contribution in [2.24, 2.45) is 0 Å². The standard InChI is InChI=1S/C13H13FN2OS/c1-8(17)13-11(15)6-12(18-13)16-7-9-4-2-3-5-10(9)14/h2-6,16H,7,15H2,1H3. The Bertz CT molecular complexity index is 580. The molecule has 0 aliphatic carbocycles. The molecule has 1 heterocycles. The van der Waals surface area contributed by atoms with Crippen LogP contribution >= 0.6 is 11.3 Å². The van der Waals surface area contributed by atoms with Gasteiger partial charge in [0.15, 0.2) is 5.78 Å². The molecule has 5 heteroatoms. The highest BCUT2D eigenvalue weighted by molar-refractivity contribution is 7.18. The molecule has 18 heavy (non-hydrogen) atoms. The van der Waals surface area contributed by atoms with Crippen LogP contribution in [0.2, 0.25) is 0 Å². The van der Waals surface area contributed by atoms with Crippen molar-refractivity contribution in [2.45, 2.75) is 13.5 Å². The Labute approximate surface area is 108 Å². The first-order valence-corrected chi connectivity index (χ1v) is 6.27. The molecule has 0 unspecified atom stereocenters. The quantitative estimate of drug-likeness (QED) is 0.833. The molecule has 0 atom stereocenters. The molecule has 0 aliphatic rings. The number of thiophene rings is 1. The number of ketones is 1. The highest BCUT2D eigenvalue weighted by Gasteiger charge is 2.10. The molecule has 3 N–H and O–H groups in total. The monoisotopic (exact) mass is 264 g/mol. The second kappa shape index (κ2) is 5.18. The smallest absolute Gasteiger partial charge is 0.171 e. The summed E-state index contributed by atoms with van der Waals surface area (Å²) in [7, 11) is 0. The summed E-state index contributed by atoms with van der Waals surface area (Å²) in [4.78, 5) is 11.8. The second-order valence-electron chi connectivity index (χ2n) is 3.90. The molecule has 0 radical (unpaired) electrons. The van der Waals surface area contributed by atoms with Gasteiger partial charge in [-0.15, -0.1) is 11.3 Å². The fourth-order valence-corrected chi connectivity index (χ4v) is 2.46. The van der Waals surface area contributed by atoms with Crippen LogP contribution in [0.4, 0.5) is 15.1 Å². The normalized spacial score (nSPS) is 10.3. The summed E-state index contributed by atoms with van der Waals surface area (Å²) in [6.07, 6.45) is 0. The number of Topliss-reactive ketones (excluding diaryl/α,β-unsaturated/α-hetero) is 1. The molecule has 94 valence electrons. The van der Waals surface area contributed by atoms with Crippen LogP contribution < -0.4 is 11.1 Å². The van der Waals surface area contributed by atoms with Crippen LogP contribution in [0.5, 0.6) is 0 Å². The van der Waals surface area contributed by atoms with Gasteiger partial charge in [0.25, 0.3) is 0 Å². The van der Waals surface area contributed by atoms with E-state index in [1.165, 1.54) is 24.3 Å². The average molecular weight is 264 g/mol. The number of nitrogens with two attached hydrogens (primary N) is 1. The molecule has 2 rings (SSSR count). The molecule has 0 amide bonds. The Kier molecular flexibility index (Phi) is 3.62. The summed E-state index contributed by atoms with van der Waals surface area (Å²) in [6.45, 7) is 1.84. The van der Waals surface area contributed by atoms with E-state index in [4.69, 9.17) is 5.73 Å². The summed E-state index contributed by atoms with van der Waals surface area (Å²) in [5.41, 5.74) is 6.76. The van der Waals surface area contributed by atoms with Crippen LogP contribution in [-0.2, 0) is 6.54 Å². The Morgan fingerprint density at radius 3 is 2.78 bits per heavy atom. The van der Waals surface area contributed by atoms with Crippen LogP contribution in [0, 0.1) is 5.82 Å². The zero-order valence-corrected chi connectivity index (χ0v) is 10.7. The van der Waals surface area contributed by atoms with Crippen LogP contribution in [0.1, 0.15) is 22.2 Å². The minimum Gasteiger partial charge on any atom is -0.397 e. The molecule has 0 fully saturated rings. The maximum Gasteiger partial charge on any atom is 0.171 e. The highest BCUT2D eigenvalue weighted by Crippen LogP contribution is 2.29. The maximum atomic E-state index is 13.4. The number of carbonyl (C=O) groups is 1. The van der Waals surface area contributed by atoms with Gasteiger partial charge < -0.3 is 11.1 Å². The fourth-order valence-electron chi connectivity index (χ4n) is 1.59. The van der Waals surface area contributed by atoms with Crippen molar-refractivity contribution in [3.05, 3.63) is 46.6 Å². The Morgan fingerprint density at radius 2 is 2.17 bits per heavy atom. The third kappa shape index (κ3) is 2.68. The van der Waals surface area contributed by atoms with E-state index in [1.807, 2.05) is 0 Å². The van der Waals surface area contributed by atoms with Crippen molar-refractivity contribution in [1.29, 1.82) is 0 Å². The zero-order chi connectivity index (χ0) is 13.1. The number of hydrogen-bond donors (Lipinski definition) is 2. The van der Waals surface area contributed by atoms with E-state index >= 15 is 0 Å². The summed E-state index contributed by atoms with van der Waals surface area (Å²) in [5.74, 6) is -0.308. The number of halogens is 1. The molecular weight excluding hydrogens is 251 g/mol. The first kappa shape index (κ1) is 12.6. The van der Waals surface area contributed by atoms with Crippen molar-refractivity contribution >= 4 is 27.8 Å². The van der Waals surface area contributed by atoms with Gasteiger partial charge >= 0.3 is 0 Å². The molecule has 0 saturated carbocycles. The Balaban J connectivity index is 2.09. The Morgan fingerprint density at radius 1 is 1.44 bits per heavy atom. The van der Waals surface area contributed by atoms with Gasteiger partial charge in [0.05, 0.1) is 15.6 Å².